The number of hydroxylamine groups is 1. The van der Waals surface area contributed by atoms with Crippen LogP contribution in [0, 0.1) is 5.92 Å². The van der Waals surface area contributed by atoms with E-state index >= 15 is 0 Å². The number of likely N-dealkylation sites (tertiary alicyclic amines) is 1. The van der Waals surface area contributed by atoms with E-state index < -0.39 is 5.60 Å². The molecule has 126 valence electrons. The first-order valence-corrected chi connectivity index (χ1v) is 7.98. The summed E-state index contributed by atoms with van der Waals surface area (Å²) in [5, 5.41) is 2.92. The zero-order valence-electron chi connectivity index (χ0n) is 13.7. The Kier molecular flexibility index (Phi) is 5.98. The molecule has 0 unspecified atom stereocenters. The summed E-state index contributed by atoms with van der Waals surface area (Å²) >= 11 is 0. The van der Waals surface area contributed by atoms with E-state index in [1.807, 2.05) is 49.1 Å². The summed E-state index contributed by atoms with van der Waals surface area (Å²) in [6.07, 6.45) is 3.27. The van der Waals surface area contributed by atoms with Crippen LogP contribution in [0.25, 0.3) is 0 Å². The Morgan fingerprint density at radius 1 is 1.30 bits per heavy atom. The van der Waals surface area contributed by atoms with Crippen LogP contribution in [-0.2, 0) is 9.63 Å². The Hall–Kier alpha value is -2.08. The predicted octanol–water partition coefficient (Wildman–Crippen LogP) is 2.78. The van der Waals surface area contributed by atoms with Crippen molar-refractivity contribution in [3.05, 3.63) is 30.3 Å². The number of rotatable bonds is 6. The number of nitrogens with one attached hydrogen (secondary N) is 2. The Labute approximate surface area is 137 Å². The summed E-state index contributed by atoms with van der Waals surface area (Å²) in [5.41, 5.74) is 2.69. The highest BCUT2D eigenvalue weighted by Crippen LogP contribution is 2.28. The molecule has 0 spiro atoms. The maximum atomic E-state index is 12.2. The van der Waals surface area contributed by atoms with Crippen LogP contribution in [0.5, 0.6) is 0 Å². The molecule has 0 atom stereocenters. The van der Waals surface area contributed by atoms with Crippen molar-refractivity contribution in [2.45, 2.75) is 38.7 Å². The number of urea groups is 1. The molecule has 1 aromatic carbocycles. The largest absolute Gasteiger partial charge is 0.325 e. The molecule has 1 fully saturated rings. The second kappa shape index (κ2) is 7.97. The lowest BCUT2D eigenvalue weighted by Gasteiger charge is -2.35. The zero-order chi connectivity index (χ0) is 16.7. The smallest absolute Gasteiger partial charge is 0.321 e. The van der Waals surface area contributed by atoms with Gasteiger partial charge in [0.2, 0.25) is 6.41 Å². The zero-order valence-corrected chi connectivity index (χ0v) is 13.7. The van der Waals surface area contributed by atoms with Gasteiger partial charge in [0, 0.05) is 18.8 Å². The Morgan fingerprint density at radius 3 is 2.57 bits per heavy atom. The molecule has 1 aliphatic rings. The van der Waals surface area contributed by atoms with Crippen molar-refractivity contribution < 1.29 is 14.4 Å². The van der Waals surface area contributed by atoms with Gasteiger partial charge >= 0.3 is 6.03 Å². The summed E-state index contributed by atoms with van der Waals surface area (Å²) in [4.78, 5) is 29.7. The van der Waals surface area contributed by atoms with Gasteiger partial charge in [-0.05, 0) is 51.2 Å². The number of carbonyl (C=O) groups excluding carboxylic acids is 2. The van der Waals surface area contributed by atoms with E-state index in [-0.39, 0.29) is 6.03 Å². The van der Waals surface area contributed by atoms with Gasteiger partial charge in [-0.2, -0.15) is 0 Å². The van der Waals surface area contributed by atoms with Crippen LogP contribution in [0.3, 0.4) is 0 Å². The monoisotopic (exact) mass is 319 g/mol. The molecule has 6 heteroatoms. The fraction of sp³-hybridized carbons (Fsp3) is 0.529. The average Bonchev–Trinajstić information content (AvgIpc) is 2.54. The molecule has 3 amide bonds. The van der Waals surface area contributed by atoms with E-state index in [4.69, 9.17) is 4.84 Å². The second-order valence-electron chi connectivity index (χ2n) is 6.53. The number of anilines is 1. The highest BCUT2D eigenvalue weighted by atomic mass is 16.7. The van der Waals surface area contributed by atoms with Crippen LogP contribution in [0.4, 0.5) is 10.5 Å². The first-order chi connectivity index (χ1) is 11.0. The van der Waals surface area contributed by atoms with Crippen molar-refractivity contribution in [3.8, 4) is 0 Å². The Bertz CT molecular complexity index is 511. The lowest BCUT2D eigenvalue weighted by molar-refractivity contribution is -0.138. The van der Waals surface area contributed by atoms with E-state index in [1.165, 1.54) is 0 Å². The van der Waals surface area contributed by atoms with Crippen molar-refractivity contribution in [1.29, 1.82) is 0 Å². The fourth-order valence-corrected chi connectivity index (χ4v) is 2.98. The number of amides is 3. The third kappa shape index (κ3) is 5.56. The molecule has 1 aromatic rings. The van der Waals surface area contributed by atoms with Gasteiger partial charge in [0.1, 0.15) is 0 Å². The Balaban J connectivity index is 1.77. The van der Waals surface area contributed by atoms with E-state index in [9.17, 15) is 9.59 Å². The lowest BCUT2D eigenvalue weighted by Crippen LogP contribution is -2.43. The van der Waals surface area contributed by atoms with Crippen LogP contribution in [0.1, 0.15) is 33.1 Å². The molecular formula is C17H25N3O3. The van der Waals surface area contributed by atoms with Crippen LogP contribution in [0.15, 0.2) is 30.3 Å². The predicted molar refractivity (Wildman–Crippen MR) is 88.7 cm³/mol. The standard InChI is InChI=1S/C17H25N3O3/c1-17(2,23-18-13-21)12-14-8-10-20(11-9-14)16(22)19-15-6-4-3-5-7-15/h3-7,13-14H,8-12H2,1-2H3,(H,18,21)(H,19,22). The minimum absolute atomic E-state index is 0.0484. The van der Waals surface area contributed by atoms with Crippen LogP contribution in [-0.4, -0.2) is 36.0 Å². The number of hydrogen-bond acceptors (Lipinski definition) is 3. The van der Waals surface area contributed by atoms with Gasteiger partial charge in [-0.15, -0.1) is 0 Å². The molecule has 0 bridgehead atoms. The normalized spacial score (nSPS) is 16.0. The van der Waals surface area contributed by atoms with Gasteiger partial charge < -0.3 is 10.2 Å². The van der Waals surface area contributed by atoms with E-state index in [0.29, 0.717) is 12.3 Å². The van der Waals surface area contributed by atoms with Gasteiger partial charge in [-0.1, -0.05) is 18.2 Å². The SMILES string of the molecule is CC(C)(CC1CCN(C(=O)Nc2ccccc2)CC1)ONC=O. The van der Waals surface area contributed by atoms with Gasteiger partial charge in [0.15, 0.2) is 0 Å². The van der Waals surface area contributed by atoms with Gasteiger partial charge in [0.05, 0.1) is 5.60 Å². The maximum absolute atomic E-state index is 12.2. The molecule has 2 N–H and O–H groups in total. The number of carbonyl (C=O) groups is 2. The van der Waals surface area contributed by atoms with Gasteiger partial charge in [0.25, 0.3) is 0 Å². The third-order valence-corrected chi connectivity index (χ3v) is 4.09. The van der Waals surface area contributed by atoms with Crippen LogP contribution >= 0.6 is 0 Å². The summed E-state index contributed by atoms with van der Waals surface area (Å²) in [7, 11) is 0. The number of para-hydroxylation sites is 1. The van der Waals surface area contributed by atoms with Crippen molar-refractivity contribution in [2.24, 2.45) is 5.92 Å². The third-order valence-electron chi connectivity index (χ3n) is 4.09. The van der Waals surface area contributed by atoms with E-state index in [2.05, 4.69) is 10.8 Å². The average molecular weight is 319 g/mol. The molecule has 0 aliphatic carbocycles. The lowest BCUT2D eigenvalue weighted by atomic mass is 9.86. The summed E-state index contributed by atoms with van der Waals surface area (Å²) in [5.74, 6) is 0.485. The minimum atomic E-state index is -0.403. The summed E-state index contributed by atoms with van der Waals surface area (Å²) in [6, 6.07) is 9.43. The summed E-state index contributed by atoms with van der Waals surface area (Å²) < 4.78 is 0. The number of benzene rings is 1. The van der Waals surface area contributed by atoms with E-state index in [0.717, 1.165) is 38.0 Å². The first-order valence-electron chi connectivity index (χ1n) is 7.98. The summed E-state index contributed by atoms with van der Waals surface area (Å²) in [6.45, 7) is 5.39. The number of hydrogen-bond donors (Lipinski definition) is 2. The molecule has 0 radical (unpaired) electrons. The van der Waals surface area contributed by atoms with Gasteiger partial charge in [-0.3, -0.25) is 9.63 Å². The molecular weight excluding hydrogens is 294 g/mol. The second-order valence-corrected chi connectivity index (χ2v) is 6.53. The molecule has 1 aliphatic heterocycles. The first kappa shape index (κ1) is 17.3. The molecule has 2 rings (SSSR count). The van der Waals surface area contributed by atoms with Crippen molar-refractivity contribution in [3.63, 3.8) is 0 Å². The van der Waals surface area contributed by atoms with Crippen LogP contribution < -0.4 is 10.8 Å². The molecule has 1 saturated heterocycles. The van der Waals surface area contributed by atoms with Crippen LogP contribution in [0.2, 0.25) is 0 Å². The number of nitrogens with zero attached hydrogens (tertiary/aromatic N) is 1. The van der Waals surface area contributed by atoms with E-state index in [1.54, 1.807) is 0 Å². The molecule has 23 heavy (non-hydrogen) atoms. The maximum Gasteiger partial charge on any atom is 0.321 e. The number of piperidine rings is 1. The fourth-order valence-electron chi connectivity index (χ4n) is 2.98. The van der Waals surface area contributed by atoms with Crippen molar-refractivity contribution in [2.75, 3.05) is 18.4 Å². The van der Waals surface area contributed by atoms with Crippen molar-refractivity contribution >= 4 is 18.1 Å². The molecule has 0 saturated carbocycles. The molecule has 6 nitrogen and oxygen atoms in total. The topological polar surface area (TPSA) is 70.7 Å². The van der Waals surface area contributed by atoms with Crippen molar-refractivity contribution in [1.82, 2.24) is 10.4 Å². The molecule has 1 heterocycles. The van der Waals surface area contributed by atoms with Gasteiger partial charge in [-0.25, -0.2) is 10.3 Å². The quantitative estimate of drug-likeness (QED) is 0.625. The highest BCUT2D eigenvalue weighted by Gasteiger charge is 2.29. The minimum Gasteiger partial charge on any atom is -0.325 e. The highest BCUT2D eigenvalue weighted by molar-refractivity contribution is 5.89. The molecule has 0 aromatic heterocycles. The Morgan fingerprint density at radius 2 is 1.96 bits per heavy atom.